The lowest BCUT2D eigenvalue weighted by molar-refractivity contribution is -0.118. The molecule has 84 valence electrons. The smallest absolute Gasteiger partial charge is 0.216 e. The molecule has 0 fully saturated rings. The van der Waals surface area contributed by atoms with Crippen molar-refractivity contribution in [1.29, 1.82) is 0 Å². The van der Waals surface area contributed by atoms with Crippen molar-refractivity contribution >= 4 is 29.5 Å². The van der Waals surface area contributed by atoms with E-state index in [-0.39, 0.29) is 5.91 Å². The molecule has 4 heteroatoms. The summed E-state index contributed by atoms with van der Waals surface area (Å²) in [6.07, 6.45) is 2.50. The molecule has 0 bridgehead atoms. The Morgan fingerprint density at radius 1 is 1.50 bits per heavy atom. The number of rotatable bonds is 3. The summed E-state index contributed by atoms with van der Waals surface area (Å²) in [4.78, 5) is 11.7. The van der Waals surface area contributed by atoms with Crippen LogP contribution in [0.3, 0.4) is 0 Å². The Kier molecular flexibility index (Phi) is 3.19. The fraction of sp³-hybridized carbons (Fsp3) is 0.250. The molecule has 1 N–H and O–H groups in total. The first kappa shape index (κ1) is 11.1. The average molecular weight is 235 g/mol. The Morgan fingerprint density at radius 3 is 3.06 bits per heavy atom. The van der Waals surface area contributed by atoms with Gasteiger partial charge in [-0.25, -0.2) is 0 Å². The summed E-state index contributed by atoms with van der Waals surface area (Å²) in [5.41, 5.74) is 1.95. The third-order valence-electron chi connectivity index (χ3n) is 2.41. The Labute approximate surface area is 99.2 Å². The lowest BCUT2D eigenvalue weighted by atomic mass is 10.1. The van der Waals surface area contributed by atoms with Crippen LogP contribution in [0.1, 0.15) is 12.5 Å². The number of benzene rings is 1. The van der Waals surface area contributed by atoms with E-state index in [1.165, 1.54) is 6.92 Å². The zero-order valence-corrected chi connectivity index (χ0v) is 9.88. The van der Waals surface area contributed by atoms with Gasteiger partial charge in [-0.3, -0.25) is 4.79 Å². The maximum atomic E-state index is 10.7. The van der Waals surface area contributed by atoms with Crippen LogP contribution in [0.15, 0.2) is 33.8 Å². The summed E-state index contributed by atoms with van der Waals surface area (Å²) in [5.74, 6) is -0.0114. The van der Waals surface area contributed by atoms with E-state index in [0.717, 1.165) is 27.8 Å². The van der Waals surface area contributed by atoms with E-state index < -0.39 is 0 Å². The van der Waals surface area contributed by atoms with Gasteiger partial charge in [0.1, 0.15) is 5.58 Å². The Hall–Kier alpha value is -1.42. The van der Waals surface area contributed by atoms with Crippen molar-refractivity contribution in [1.82, 2.24) is 5.32 Å². The minimum atomic E-state index is -0.0114. The van der Waals surface area contributed by atoms with Gasteiger partial charge < -0.3 is 9.73 Å². The van der Waals surface area contributed by atoms with E-state index >= 15 is 0 Å². The van der Waals surface area contributed by atoms with Crippen molar-refractivity contribution in [2.24, 2.45) is 0 Å². The van der Waals surface area contributed by atoms with Crippen molar-refractivity contribution in [2.75, 3.05) is 6.54 Å². The lowest BCUT2D eigenvalue weighted by Crippen LogP contribution is -2.22. The summed E-state index contributed by atoms with van der Waals surface area (Å²) in [7, 11) is 0. The number of hydrogen-bond donors (Lipinski definition) is 2. The first-order valence-corrected chi connectivity index (χ1v) is 5.55. The number of hydrogen-bond acceptors (Lipinski definition) is 3. The summed E-state index contributed by atoms with van der Waals surface area (Å²) in [5, 5.41) is 3.83. The van der Waals surface area contributed by atoms with E-state index in [1.54, 1.807) is 6.26 Å². The molecular formula is C12H13NO2S. The quantitative estimate of drug-likeness (QED) is 0.802. The summed E-state index contributed by atoms with van der Waals surface area (Å²) >= 11 is 4.29. The molecule has 0 atom stereocenters. The highest BCUT2D eigenvalue weighted by Crippen LogP contribution is 2.24. The van der Waals surface area contributed by atoms with Crippen LogP contribution in [0, 0.1) is 0 Å². The van der Waals surface area contributed by atoms with Gasteiger partial charge in [0.2, 0.25) is 5.91 Å². The Bertz CT molecular complexity index is 519. The van der Waals surface area contributed by atoms with Crippen molar-refractivity contribution in [2.45, 2.75) is 18.2 Å². The zero-order valence-electron chi connectivity index (χ0n) is 8.99. The largest absolute Gasteiger partial charge is 0.464 e. The van der Waals surface area contributed by atoms with Crippen LogP contribution in [0.25, 0.3) is 11.0 Å². The minimum Gasteiger partial charge on any atom is -0.464 e. The number of fused-ring (bicyclic) bond motifs is 1. The van der Waals surface area contributed by atoms with E-state index in [9.17, 15) is 4.79 Å². The third-order valence-corrected chi connectivity index (χ3v) is 2.68. The van der Waals surface area contributed by atoms with Gasteiger partial charge in [-0.05, 0) is 30.2 Å². The van der Waals surface area contributed by atoms with E-state index in [1.807, 2.05) is 18.2 Å². The molecule has 0 saturated heterocycles. The standard InChI is InChI=1S/C12H13NO2S/c1-8(14)13-5-4-9-7-15-12-3-2-10(16)6-11(9)12/h2-3,6-7,16H,4-5H2,1H3,(H,13,14). The first-order chi connectivity index (χ1) is 7.66. The number of amides is 1. The van der Waals surface area contributed by atoms with Crippen molar-refractivity contribution in [3.63, 3.8) is 0 Å². The fourth-order valence-corrected chi connectivity index (χ4v) is 1.84. The normalized spacial score (nSPS) is 10.6. The molecule has 2 aromatic rings. The molecule has 2 rings (SSSR count). The number of carbonyl (C=O) groups is 1. The third kappa shape index (κ3) is 2.39. The second-order valence-electron chi connectivity index (χ2n) is 3.67. The molecule has 0 saturated carbocycles. The topological polar surface area (TPSA) is 42.2 Å². The van der Waals surface area contributed by atoms with Crippen molar-refractivity contribution < 1.29 is 9.21 Å². The van der Waals surface area contributed by atoms with Gasteiger partial charge in [0.15, 0.2) is 0 Å². The van der Waals surface area contributed by atoms with Gasteiger partial charge in [0, 0.05) is 23.8 Å². The van der Waals surface area contributed by atoms with Crippen LogP contribution in [0.4, 0.5) is 0 Å². The predicted octanol–water partition coefficient (Wildman–Crippen LogP) is 2.40. The van der Waals surface area contributed by atoms with Crippen LogP contribution in [0.2, 0.25) is 0 Å². The predicted molar refractivity (Wildman–Crippen MR) is 65.9 cm³/mol. The lowest BCUT2D eigenvalue weighted by Gasteiger charge is -2.00. The zero-order chi connectivity index (χ0) is 11.5. The molecule has 1 aromatic carbocycles. The highest BCUT2D eigenvalue weighted by Gasteiger charge is 2.05. The van der Waals surface area contributed by atoms with E-state index in [2.05, 4.69) is 17.9 Å². The van der Waals surface area contributed by atoms with Crippen LogP contribution < -0.4 is 5.32 Å². The van der Waals surface area contributed by atoms with Gasteiger partial charge in [0.05, 0.1) is 6.26 Å². The molecule has 0 unspecified atom stereocenters. The minimum absolute atomic E-state index is 0.0114. The highest BCUT2D eigenvalue weighted by molar-refractivity contribution is 7.80. The van der Waals surface area contributed by atoms with E-state index in [0.29, 0.717) is 6.54 Å². The highest BCUT2D eigenvalue weighted by atomic mass is 32.1. The van der Waals surface area contributed by atoms with Crippen molar-refractivity contribution in [3.05, 3.63) is 30.0 Å². The molecule has 0 radical (unpaired) electrons. The molecule has 0 aliphatic heterocycles. The number of furan rings is 1. The SMILES string of the molecule is CC(=O)NCCc1coc2ccc(S)cc12. The Balaban J connectivity index is 2.17. The maximum Gasteiger partial charge on any atom is 0.216 e. The summed E-state index contributed by atoms with van der Waals surface area (Å²) < 4.78 is 5.41. The van der Waals surface area contributed by atoms with Crippen LogP contribution >= 0.6 is 12.6 Å². The fourth-order valence-electron chi connectivity index (χ4n) is 1.64. The number of nitrogens with one attached hydrogen (secondary N) is 1. The molecule has 0 aliphatic carbocycles. The van der Waals surface area contributed by atoms with Gasteiger partial charge >= 0.3 is 0 Å². The van der Waals surface area contributed by atoms with Gasteiger partial charge in [-0.2, -0.15) is 0 Å². The molecular weight excluding hydrogens is 222 g/mol. The molecule has 1 amide bonds. The van der Waals surface area contributed by atoms with Crippen molar-refractivity contribution in [3.8, 4) is 0 Å². The van der Waals surface area contributed by atoms with E-state index in [4.69, 9.17) is 4.42 Å². The summed E-state index contributed by atoms with van der Waals surface area (Å²) in [6.45, 7) is 2.14. The number of thiol groups is 1. The van der Waals surface area contributed by atoms with Crippen LogP contribution in [0.5, 0.6) is 0 Å². The van der Waals surface area contributed by atoms with Gasteiger partial charge in [-0.1, -0.05) is 0 Å². The first-order valence-electron chi connectivity index (χ1n) is 5.10. The van der Waals surface area contributed by atoms with Crippen LogP contribution in [-0.4, -0.2) is 12.5 Å². The second kappa shape index (κ2) is 4.61. The second-order valence-corrected chi connectivity index (χ2v) is 4.19. The van der Waals surface area contributed by atoms with Crippen LogP contribution in [-0.2, 0) is 11.2 Å². The monoisotopic (exact) mass is 235 g/mol. The Morgan fingerprint density at radius 2 is 2.31 bits per heavy atom. The molecule has 0 spiro atoms. The number of carbonyl (C=O) groups excluding carboxylic acids is 1. The van der Waals surface area contributed by atoms with Gasteiger partial charge in [-0.15, -0.1) is 12.6 Å². The summed E-state index contributed by atoms with van der Waals surface area (Å²) in [6, 6.07) is 5.77. The molecule has 16 heavy (non-hydrogen) atoms. The molecule has 1 aromatic heterocycles. The molecule has 3 nitrogen and oxygen atoms in total. The average Bonchev–Trinajstić information content (AvgIpc) is 2.60. The molecule has 1 heterocycles. The van der Waals surface area contributed by atoms with Gasteiger partial charge in [0.25, 0.3) is 0 Å². The maximum absolute atomic E-state index is 10.7. The molecule has 0 aliphatic rings.